The van der Waals surface area contributed by atoms with E-state index in [9.17, 15) is 4.79 Å². The van der Waals surface area contributed by atoms with Gasteiger partial charge in [-0.05, 0) is 48.4 Å². The summed E-state index contributed by atoms with van der Waals surface area (Å²) >= 11 is 0. The van der Waals surface area contributed by atoms with Gasteiger partial charge in [-0.1, -0.05) is 109 Å². The maximum atomic E-state index is 12.8. The van der Waals surface area contributed by atoms with E-state index in [1.807, 2.05) is 54.6 Å². The van der Waals surface area contributed by atoms with Gasteiger partial charge in [0.15, 0.2) is 0 Å². The Labute approximate surface area is 231 Å². The number of nitrogens with zero attached hydrogens (tertiary/aromatic N) is 1. The van der Waals surface area contributed by atoms with Crippen LogP contribution in [-0.4, -0.2) is 29.8 Å². The van der Waals surface area contributed by atoms with E-state index in [2.05, 4.69) is 76.2 Å². The molecule has 0 spiro atoms. The molecule has 1 saturated carbocycles. The Bertz CT molecular complexity index is 1250. The standard InChI is InChI=1S/C34H37N3O2/c38-34(36-33-19-11-10-18-32(33)29-16-8-3-9-17-29)39-31-22-20-30(21-23-31)35-26-37(24-27-12-4-1-5-13-27)25-28-14-6-2-7-15-28/h1-19,30-31,35H,20-26H2,(H,36,38). The number of hydrogen-bond donors (Lipinski definition) is 2. The highest BCUT2D eigenvalue weighted by Gasteiger charge is 2.24. The maximum absolute atomic E-state index is 12.8. The van der Waals surface area contributed by atoms with Gasteiger partial charge in [-0.25, -0.2) is 4.79 Å². The second kappa shape index (κ2) is 13.7. The molecule has 1 aliphatic carbocycles. The number of nitrogens with one attached hydrogen (secondary N) is 2. The number of ether oxygens (including phenoxy) is 1. The van der Waals surface area contributed by atoms with Crippen LogP contribution in [0.25, 0.3) is 11.1 Å². The molecule has 0 unspecified atom stereocenters. The zero-order valence-corrected chi connectivity index (χ0v) is 22.3. The monoisotopic (exact) mass is 519 g/mol. The average molecular weight is 520 g/mol. The van der Waals surface area contributed by atoms with Gasteiger partial charge in [0.2, 0.25) is 0 Å². The minimum Gasteiger partial charge on any atom is -0.446 e. The SMILES string of the molecule is O=C(Nc1ccccc1-c1ccccc1)OC1CCC(NCN(Cc2ccccc2)Cc2ccccc2)CC1. The van der Waals surface area contributed by atoms with Crippen molar-refractivity contribution >= 4 is 11.8 Å². The number of benzene rings is 4. The number of para-hydroxylation sites is 1. The first-order valence-electron chi connectivity index (χ1n) is 13.9. The van der Waals surface area contributed by atoms with Gasteiger partial charge in [0, 0.05) is 31.4 Å². The Morgan fingerprint density at radius 1 is 0.692 bits per heavy atom. The Balaban J connectivity index is 1.10. The van der Waals surface area contributed by atoms with Crippen molar-refractivity contribution in [3.63, 3.8) is 0 Å². The highest BCUT2D eigenvalue weighted by atomic mass is 16.6. The van der Waals surface area contributed by atoms with Crippen LogP contribution in [0.15, 0.2) is 115 Å². The molecule has 0 radical (unpaired) electrons. The Morgan fingerprint density at radius 3 is 1.85 bits per heavy atom. The number of hydrogen-bond acceptors (Lipinski definition) is 4. The molecule has 0 bridgehead atoms. The van der Waals surface area contributed by atoms with Crippen LogP contribution in [0.4, 0.5) is 10.5 Å². The zero-order valence-electron chi connectivity index (χ0n) is 22.3. The largest absolute Gasteiger partial charge is 0.446 e. The first-order valence-corrected chi connectivity index (χ1v) is 13.9. The van der Waals surface area contributed by atoms with Gasteiger partial charge >= 0.3 is 6.09 Å². The molecule has 0 heterocycles. The van der Waals surface area contributed by atoms with Crippen molar-refractivity contribution in [1.29, 1.82) is 0 Å². The lowest BCUT2D eigenvalue weighted by atomic mass is 9.93. The molecular weight excluding hydrogens is 482 g/mol. The smallest absolute Gasteiger partial charge is 0.411 e. The molecule has 1 aliphatic rings. The van der Waals surface area contributed by atoms with E-state index in [1.54, 1.807) is 0 Å². The number of carbonyl (C=O) groups is 1. The zero-order chi connectivity index (χ0) is 26.7. The molecule has 200 valence electrons. The summed E-state index contributed by atoms with van der Waals surface area (Å²) < 4.78 is 5.83. The molecule has 0 aromatic heterocycles. The van der Waals surface area contributed by atoms with Crippen LogP contribution >= 0.6 is 0 Å². The highest BCUT2D eigenvalue weighted by Crippen LogP contribution is 2.28. The molecule has 1 amide bonds. The van der Waals surface area contributed by atoms with Crippen LogP contribution in [0.5, 0.6) is 0 Å². The number of anilines is 1. The maximum Gasteiger partial charge on any atom is 0.411 e. The van der Waals surface area contributed by atoms with Gasteiger partial charge in [-0.2, -0.15) is 0 Å². The van der Waals surface area contributed by atoms with Crippen molar-refractivity contribution in [2.75, 3.05) is 12.0 Å². The van der Waals surface area contributed by atoms with E-state index in [0.717, 1.165) is 62.3 Å². The van der Waals surface area contributed by atoms with E-state index in [0.29, 0.717) is 6.04 Å². The van der Waals surface area contributed by atoms with E-state index < -0.39 is 0 Å². The van der Waals surface area contributed by atoms with Crippen LogP contribution < -0.4 is 10.6 Å². The van der Waals surface area contributed by atoms with Crippen molar-refractivity contribution < 1.29 is 9.53 Å². The lowest BCUT2D eigenvalue weighted by Gasteiger charge is -2.31. The van der Waals surface area contributed by atoms with Gasteiger partial charge in [-0.15, -0.1) is 0 Å². The lowest BCUT2D eigenvalue weighted by Crippen LogP contribution is -2.42. The molecule has 1 fully saturated rings. The summed E-state index contributed by atoms with van der Waals surface area (Å²) in [6.07, 6.45) is 3.26. The molecule has 2 N–H and O–H groups in total. The summed E-state index contributed by atoms with van der Waals surface area (Å²) in [5, 5.41) is 6.74. The number of rotatable bonds is 10. The van der Waals surface area contributed by atoms with Crippen molar-refractivity contribution in [2.24, 2.45) is 0 Å². The highest BCUT2D eigenvalue weighted by molar-refractivity contribution is 5.91. The van der Waals surface area contributed by atoms with Crippen molar-refractivity contribution in [1.82, 2.24) is 10.2 Å². The molecule has 39 heavy (non-hydrogen) atoms. The summed E-state index contributed by atoms with van der Waals surface area (Å²) in [4.78, 5) is 15.2. The van der Waals surface area contributed by atoms with Gasteiger partial charge in [0.05, 0.1) is 5.69 Å². The molecule has 0 aliphatic heterocycles. The Morgan fingerprint density at radius 2 is 1.23 bits per heavy atom. The molecule has 0 saturated heterocycles. The van der Waals surface area contributed by atoms with Crippen LogP contribution in [0.3, 0.4) is 0 Å². The molecule has 5 heteroatoms. The molecule has 0 atom stereocenters. The predicted octanol–water partition coefficient (Wildman–Crippen LogP) is 7.46. The van der Waals surface area contributed by atoms with E-state index in [1.165, 1.54) is 11.1 Å². The van der Waals surface area contributed by atoms with Crippen LogP contribution in [0, 0.1) is 0 Å². The minimum absolute atomic E-state index is 0.0586. The second-order valence-electron chi connectivity index (χ2n) is 10.2. The van der Waals surface area contributed by atoms with Crippen molar-refractivity contribution in [3.05, 3.63) is 126 Å². The van der Waals surface area contributed by atoms with Crippen LogP contribution in [-0.2, 0) is 17.8 Å². The third-order valence-electron chi connectivity index (χ3n) is 7.30. The summed E-state index contributed by atoms with van der Waals surface area (Å²) in [5.74, 6) is 0. The molecule has 5 nitrogen and oxygen atoms in total. The lowest BCUT2D eigenvalue weighted by molar-refractivity contribution is 0.0764. The molecular formula is C34H37N3O2. The van der Waals surface area contributed by atoms with Gasteiger partial charge < -0.3 is 10.1 Å². The summed E-state index contributed by atoms with van der Waals surface area (Å²) in [6, 6.07) is 39.6. The van der Waals surface area contributed by atoms with Crippen molar-refractivity contribution in [2.45, 2.75) is 50.9 Å². The summed E-state index contributed by atoms with van der Waals surface area (Å²) in [6.45, 7) is 2.61. The quantitative estimate of drug-likeness (QED) is 0.214. The van der Waals surface area contributed by atoms with Gasteiger partial charge in [0.25, 0.3) is 0 Å². The molecule has 5 rings (SSSR count). The minimum atomic E-state index is -0.383. The van der Waals surface area contributed by atoms with E-state index in [4.69, 9.17) is 4.74 Å². The Kier molecular flexibility index (Phi) is 9.40. The number of amides is 1. The predicted molar refractivity (Wildman–Crippen MR) is 158 cm³/mol. The Hall–Kier alpha value is -3.93. The summed E-state index contributed by atoms with van der Waals surface area (Å²) in [5.41, 5.74) is 5.44. The van der Waals surface area contributed by atoms with E-state index in [-0.39, 0.29) is 12.2 Å². The fourth-order valence-electron chi connectivity index (χ4n) is 5.25. The first-order chi connectivity index (χ1) is 19.2. The molecule has 4 aromatic rings. The second-order valence-corrected chi connectivity index (χ2v) is 10.2. The van der Waals surface area contributed by atoms with E-state index >= 15 is 0 Å². The van der Waals surface area contributed by atoms with Gasteiger partial charge in [-0.3, -0.25) is 10.2 Å². The fourth-order valence-corrected chi connectivity index (χ4v) is 5.25. The normalized spacial score (nSPS) is 17.1. The fraction of sp³-hybridized carbons (Fsp3) is 0.265. The van der Waals surface area contributed by atoms with Crippen LogP contribution in [0.2, 0.25) is 0 Å². The van der Waals surface area contributed by atoms with Crippen molar-refractivity contribution in [3.8, 4) is 11.1 Å². The van der Waals surface area contributed by atoms with Crippen LogP contribution in [0.1, 0.15) is 36.8 Å². The topological polar surface area (TPSA) is 53.6 Å². The molecule has 4 aromatic carbocycles. The van der Waals surface area contributed by atoms with Gasteiger partial charge in [0.1, 0.15) is 6.10 Å². The third kappa shape index (κ3) is 8.03. The average Bonchev–Trinajstić information content (AvgIpc) is 2.98. The third-order valence-corrected chi connectivity index (χ3v) is 7.30. The number of carbonyl (C=O) groups excluding carboxylic acids is 1. The first kappa shape index (κ1) is 26.7. The summed E-state index contributed by atoms with van der Waals surface area (Å²) in [7, 11) is 0.